The summed E-state index contributed by atoms with van der Waals surface area (Å²) in [6, 6.07) is 8.53. The third kappa shape index (κ3) is 3.25. The lowest BCUT2D eigenvalue weighted by atomic mass is 9.95. The van der Waals surface area contributed by atoms with Crippen LogP contribution >= 0.6 is 27.3 Å². The second kappa shape index (κ2) is 5.35. The van der Waals surface area contributed by atoms with Gasteiger partial charge in [0.2, 0.25) is 0 Å². The summed E-state index contributed by atoms with van der Waals surface area (Å²) in [4.78, 5) is 2.25. The second-order valence-corrected chi connectivity index (χ2v) is 7.63. The first-order valence-electron chi connectivity index (χ1n) is 6.10. The summed E-state index contributed by atoms with van der Waals surface area (Å²) >= 11 is 5.01. The summed E-state index contributed by atoms with van der Waals surface area (Å²) in [5.41, 5.74) is 6.81. The molecule has 1 heterocycles. The van der Waals surface area contributed by atoms with Gasteiger partial charge in [0, 0.05) is 19.8 Å². The number of benzene rings is 1. The maximum atomic E-state index is 13.9. The zero-order chi connectivity index (χ0) is 14.2. The first-order valence-corrected chi connectivity index (χ1v) is 7.71. The highest BCUT2D eigenvalue weighted by Gasteiger charge is 2.20. The van der Waals surface area contributed by atoms with E-state index in [1.54, 1.807) is 23.5 Å². The van der Waals surface area contributed by atoms with Gasteiger partial charge in [-0.2, -0.15) is 0 Å². The van der Waals surface area contributed by atoms with E-state index in [9.17, 15) is 4.39 Å². The molecule has 4 heteroatoms. The summed E-state index contributed by atoms with van der Waals surface area (Å²) in [5, 5.41) is 0. The van der Waals surface area contributed by atoms with E-state index >= 15 is 0 Å². The van der Waals surface area contributed by atoms with Crippen LogP contribution in [-0.2, 0) is 5.41 Å². The van der Waals surface area contributed by atoms with Gasteiger partial charge in [-0.05, 0) is 35.7 Å². The lowest BCUT2D eigenvalue weighted by molar-refractivity contribution is 0.600. The molecule has 1 atom stereocenters. The van der Waals surface area contributed by atoms with Crippen LogP contribution in [-0.4, -0.2) is 0 Å². The van der Waals surface area contributed by atoms with Crippen molar-refractivity contribution >= 4 is 27.3 Å². The van der Waals surface area contributed by atoms with Crippen LogP contribution in [0.3, 0.4) is 0 Å². The average Bonchev–Trinajstić information content (AvgIpc) is 2.80. The minimum atomic E-state index is -0.418. The minimum Gasteiger partial charge on any atom is -0.320 e. The third-order valence-corrected chi connectivity index (χ3v) is 5.05. The number of hydrogen-bond acceptors (Lipinski definition) is 2. The average molecular weight is 342 g/mol. The molecule has 0 aliphatic rings. The summed E-state index contributed by atoms with van der Waals surface area (Å²) in [5.74, 6) is -0.263. The van der Waals surface area contributed by atoms with Crippen LogP contribution in [0.25, 0.3) is 0 Å². The van der Waals surface area contributed by atoms with E-state index in [1.165, 1.54) is 10.9 Å². The van der Waals surface area contributed by atoms with E-state index in [0.717, 1.165) is 9.35 Å². The predicted octanol–water partition coefficient (Wildman–Crippen LogP) is 5.00. The molecule has 0 amide bonds. The molecule has 0 radical (unpaired) electrons. The monoisotopic (exact) mass is 341 g/mol. The first kappa shape index (κ1) is 14.7. The van der Waals surface area contributed by atoms with Gasteiger partial charge in [-0.15, -0.1) is 11.3 Å². The molecule has 0 spiro atoms. The molecule has 2 rings (SSSR count). The summed E-state index contributed by atoms with van der Waals surface area (Å²) < 4.78 is 14.7. The van der Waals surface area contributed by atoms with Crippen LogP contribution in [0.4, 0.5) is 4.39 Å². The van der Waals surface area contributed by atoms with E-state index in [0.29, 0.717) is 5.56 Å². The predicted molar refractivity (Wildman–Crippen MR) is 83.1 cm³/mol. The Bertz CT molecular complexity index is 586. The smallest absolute Gasteiger partial charge is 0.128 e. The number of halogens is 2. The first-order chi connectivity index (χ1) is 8.79. The van der Waals surface area contributed by atoms with E-state index < -0.39 is 6.04 Å². The molecule has 0 fully saturated rings. The molecular formula is C15H17BrFNS. The summed E-state index contributed by atoms with van der Waals surface area (Å²) in [6.07, 6.45) is 0. The Labute approximate surface area is 125 Å². The van der Waals surface area contributed by atoms with Crippen molar-refractivity contribution in [2.75, 3.05) is 0 Å². The van der Waals surface area contributed by atoms with Gasteiger partial charge >= 0.3 is 0 Å². The Morgan fingerprint density at radius 3 is 2.47 bits per heavy atom. The van der Waals surface area contributed by atoms with Gasteiger partial charge in [0.1, 0.15) is 5.82 Å². The van der Waals surface area contributed by atoms with Crippen LogP contribution in [0.5, 0.6) is 0 Å². The second-order valence-electron chi connectivity index (χ2n) is 5.60. The highest BCUT2D eigenvalue weighted by molar-refractivity contribution is 9.10. The van der Waals surface area contributed by atoms with Crippen molar-refractivity contribution in [1.82, 2.24) is 0 Å². The van der Waals surface area contributed by atoms with Gasteiger partial charge in [-0.1, -0.05) is 36.7 Å². The number of thiophene rings is 1. The van der Waals surface area contributed by atoms with E-state index in [2.05, 4.69) is 42.8 Å². The third-order valence-electron chi connectivity index (χ3n) is 2.97. The SMILES string of the molecule is CC(C)(C)c1ccc(C(N)c2cc(Br)ccc2F)s1. The molecule has 2 aromatic rings. The zero-order valence-electron chi connectivity index (χ0n) is 11.2. The van der Waals surface area contributed by atoms with Gasteiger partial charge in [0.15, 0.2) is 0 Å². The molecule has 0 aliphatic heterocycles. The quantitative estimate of drug-likeness (QED) is 0.817. The highest BCUT2D eigenvalue weighted by atomic mass is 79.9. The Morgan fingerprint density at radius 2 is 1.89 bits per heavy atom. The molecule has 1 nitrogen and oxygen atoms in total. The molecule has 0 saturated carbocycles. The molecule has 2 N–H and O–H groups in total. The maximum Gasteiger partial charge on any atom is 0.128 e. The van der Waals surface area contributed by atoms with Crippen molar-refractivity contribution in [3.05, 3.63) is 55.9 Å². The largest absolute Gasteiger partial charge is 0.320 e. The van der Waals surface area contributed by atoms with Gasteiger partial charge < -0.3 is 5.73 Å². The van der Waals surface area contributed by atoms with Crippen molar-refractivity contribution in [1.29, 1.82) is 0 Å². The van der Waals surface area contributed by atoms with E-state index in [4.69, 9.17) is 5.73 Å². The normalized spacial score (nSPS) is 13.6. The van der Waals surface area contributed by atoms with Gasteiger partial charge in [0.25, 0.3) is 0 Å². The topological polar surface area (TPSA) is 26.0 Å². The number of rotatable bonds is 2. The lowest BCUT2D eigenvalue weighted by Gasteiger charge is -2.16. The Balaban J connectivity index is 2.36. The standard InChI is InChI=1S/C15H17BrFNS/c1-15(2,3)13-7-6-12(19-13)14(18)10-8-9(16)4-5-11(10)17/h4-8,14H,18H2,1-3H3. The van der Waals surface area contributed by atoms with E-state index in [1.807, 2.05) is 6.07 Å². The molecule has 102 valence electrons. The zero-order valence-corrected chi connectivity index (χ0v) is 13.6. The molecule has 0 saturated heterocycles. The summed E-state index contributed by atoms with van der Waals surface area (Å²) in [6.45, 7) is 6.48. The molecular weight excluding hydrogens is 325 g/mol. The van der Waals surface area contributed by atoms with Crippen LogP contribution in [0.2, 0.25) is 0 Å². The lowest BCUT2D eigenvalue weighted by Crippen LogP contribution is -2.12. The molecule has 1 unspecified atom stereocenters. The van der Waals surface area contributed by atoms with Crippen LogP contribution < -0.4 is 5.73 Å². The fourth-order valence-electron chi connectivity index (χ4n) is 1.83. The van der Waals surface area contributed by atoms with E-state index in [-0.39, 0.29) is 11.2 Å². The van der Waals surface area contributed by atoms with Gasteiger partial charge in [-0.25, -0.2) is 4.39 Å². The van der Waals surface area contributed by atoms with Crippen molar-refractivity contribution in [2.24, 2.45) is 5.73 Å². The molecule has 1 aromatic heterocycles. The van der Waals surface area contributed by atoms with Crippen molar-refractivity contribution in [3.8, 4) is 0 Å². The minimum absolute atomic E-state index is 0.0957. The molecule has 19 heavy (non-hydrogen) atoms. The molecule has 0 aliphatic carbocycles. The van der Waals surface area contributed by atoms with Crippen LogP contribution in [0.1, 0.15) is 42.1 Å². The Kier molecular flexibility index (Phi) is 4.14. The van der Waals surface area contributed by atoms with Crippen LogP contribution in [0.15, 0.2) is 34.8 Å². The maximum absolute atomic E-state index is 13.9. The fraction of sp³-hybridized carbons (Fsp3) is 0.333. The van der Waals surface area contributed by atoms with Gasteiger partial charge in [-0.3, -0.25) is 0 Å². The van der Waals surface area contributed by atoms with Crippen molar-refractivity contribution in [3.63, 3.8) is 0 Å². The van der Waals surface area contributed by atoms with Crippen molar-refractivity contribution in [2.45, 2.75) is 32.2 Å². The Morgan fingerprint density at radius 1 is 1.21 bits per heavy atom. The number of hydrogen-bond donors (Lipinski definition) is 1. The highest BCUT2D eigenvalue weighted by Crippen LogP contribution is 2.34. The summed E-state index contributed by atoms with van der Waals surface area (Å²) in [7, 11) is 0. The van der Waals surface area contributed by atoms with Crippen molar-refractivity contribution < 1.29 is 4.39 Å². The molecule has 1 aromatic carbocycles. The van der Waals surface area contributed by atoms with Gasteiger partial charge in [0.05, 0.1) is 6.04 Å². The Hall–Kier alpha value is -0.710. The molecule has 0 bridgehead atoms. The fourth-order valence-corrected chi connectivity index (χ4v) is 3.29. The van der Waals surface area contributed by atoms with Crippen LogP contribution in [0, 0.1) is 5.82 Å². The number of nitrogens with two attached hydrogens (primary N) is 1.